The van der Waals surface area contributed by atoms with Crippen molar-refractivity contribution in [1.29, 1.82) is 0 Å². The van der Waals surface area contributed by atoms with Crippen LogP contribution in [0.1, 0.15) is 22.8 Å². The van der Waals surface area contributed by atoms with Gasteiger partial charge in [0.05, 0.1) is 13.7 Å². The monoisotopic (exact) mass is 272 g/mol. The van der Waals surface area contributed by atoms with E-state index in [-0.39, 0.29) is 12.2 Å². The summed E-state index contributed by atoms with van der Waals surface area (Å²) in [7, 11) is 1.43. The van der Waals surface area contributed by atoms with Gasteiger partial charge in [-0.2, -0.15) is 8.78 Å². The Morgan fingerprint density at radius 2 is 1.95 bits per heavy atom. The van der Waals surface area contributed by atoms with Gasteiger partial charge in [-0.3, -0.25) is 4.79 Å². The predicted octanol–water partition coefficient (Wildman–Crippen LogP) is 2.38. The van der Waals surface area contributed by atoms with Crippen molar-refractivity contribution in [2.24, 2.45) is 0 Å². The summed E-state index contributed by atoms with van der Waals surface area (Å²) in [6.07, 6.45) is 0. The highest BCUT2D eigenvalue weighted by molar-refractivity contribution is 6.13. The van der Waals surface area contributed by atoms with Gasteiger partial charge in [0.1, 0.15) is 5.75 Å². The zero-order valence-electron chi connectivity index (χ0n) is 10.8. The normalized spacial score (nSPS) is 11.0. The van der Waals surface area contributed by atoms with Gasteiger partial charge in [0, 0.05) is 5.56 Å². The first-order valence-corrected chi connectivity index (χ1v) is 5.59. The fraction of sp³-hybridized carbons (Fsp3) is 0.385. The molecule has 0 saturated heterocycles. The van der Waals surface area contributed by atoms with E-state index in [4.69, 9.17) is 4.74 Å². The number of Topliss-reactive ketones (excluding diaryl/α,β-unsaturated/α-hetero) is 1. The van der Waals surface area contributed by atoms with Gasteiger partial charge < -0.3 is 9.47 Å². The van der Waals surface area contributed by atoms with E-state index in [2.05, 4.69) is 4.74 Å². The number of hydrogen-bond acceptors (Lipinski definition) is 4. The van der Waals surface area contributed by atoms with Crippen LogP contribution in [0.5, 0.6) is 5.75 Å². The molecule has 104 valence electrons. The van der Waals surface area contributed by atoms with E-state index < -0.39 is 17.7 Å². The highest BCUT2D eigenvalue weighted by atomic mass is 19.3. The maximum Gasteiger partial charge on any atom is 0.404 e. The average molecular weight is 272 g/mol. The summed E-state index contributed by atoms with van der Waals surface area (Å²) in [6.45, 7) is 2.78. The molecule has 4 nitrogen and oxygen atoms in total. The molecule has 1 aromatic carbocycles. The van der Waals surface area contributed by atoms with Crippen molar-refractivity contribution >= 4 is 11.8 Å². The number of alkyl halides is 2. The van der Waals surface area contributed by atoms with Gasteiger partial charge in [-0.1, -0.05) is 0 Å². The number of ether oxygens (including phenoxy) is 2. The molecule has 0 aliphatic heterocycles. The summed E-state index contributed by atoms with van der Waals surface area (Å²) in [6, 6.07) is 3.82. The van der Waals surface area contributed by atoms with Crippen LogP contribution in [0.3, 0.4) is 0 Å². The van der Waals surface area contributed by atoms with Crippen LogP contribution in [0, 0.1) is 6.92 Å². The van der Waals surface area contributed by atoms with Crippen LogP contribution in [0.25, 0.3) is 0 Å². The molecule has 0 bridgehead atoms. The minimum Gasteiger partial charge on any atom is -0.496 e. The summed E-state index contributed by atoms with van der Waals surface area (Å²) < 4.78 is 36.2. The third-order valence-electron chi connectivity index (χ3n) is 2.47. The first-order valence-electron chi connectivity index (χ1n) is 5.59. The quantitative estimate of drug-likeness (QED) is 0.469. The molecule has 0 radical (unpaired) electrons. The second kappa shape index (κ2) is 5.77. The number of benzene rings is 1. The van der Waals surface area contributed by atoms with E-state index >= 15 is 0 Å². The summed E-state index contributed by atoms with van der Waals surface area (Å²) in [5.74, 6) is -7.14. The van der Waals surface area contributed by atoms with Crippen LogP contribution < -0.4 is 4.74 Å². The molecule has 0 unspecified atom stereocenters. The molecule has 0 saturated carbocycles. The Morgan fingerprint density at radius 1 is 1.32 bits per heavy atom. The molecule has 19 heavy (non-hydrogen) atoms. The van der Waals surface area contributed by atoms with Crippen LogP contribution in [0.15, 0.2) is 18.2 Å². The average Bonchev–Trinajstić information content (AvgIpc) is 2.37. The Bertz CT molecular complexity index is 497. The highest BCUT2D eigenvalue weighted by Gasteiger charge is 2.49. The van der Waals surface area contributed by atoms with Crippen molar-refractivity contribution < 1.29 is 27.8 Å². The van der Waals surface area contributed by atoms with Crippen molar-refractivity contribution in [3.05, 3.63) is 29.3 Å². The van der Waals surface area contributed by atoms with Crippen LogP contribution in [-0.2, 0) is 9.53 Å². The molecule has 0 aliphatic carbocycles. The smallest absolute Gasteiger partial charge is 0.404 e. The van der Waals surface area contributed by atoms with Crippen molar-refractivity contribution in [2.75, 3.05) is 13.7 Å². The van der Waals surface area contributed by atoms with E-state index in [0.717, 1.165) is 0 Å². The van der Waals surface area contributed by atoms with Crippen LogP contribution in [0.4, 0.5) is 8.78 Å². The zero-order chi connectivity index (χ0) is 14.6. The van der Waals surface area contributed by atoms with E-state index in [9.17, 15) is 18.4 Å². The van der Waals surface area contributed by atoms with E-state index in [1.807, 2.05) is 0 Å². The maximum absolute atomic E-state index is 13.5. The van der Waals surface area contributed by atoms with Gasteiger partial charge in [-0.05, 0) is 37.6 Å². The Balaban J connectivity index is 3.06. The van der Waals surface area contributed by atoms with Crippen molar-refractivity contribution in [3.63, 3.8) is 0 Å². The lowest BCUT2D eigenvalue weighted by atomic mass is 10.0. The molecule has 0 aromatic heterocycles. The van der Waals surface area contributed by atoms with Crippen molar-refractivity contribution in [2.45, 2.75) is 19.8 Å². The molecular weight excluding hydrogens is 258 g/mol. The van der Waals surface area contributed by atoms with Crippen molar-refractivity contribution in [3.8, 4) is 5.75 Å². The minimum absolute atomic E-state index is 0.219. The summed E-state index contributed by atoms with van der Waals surface area (Å²) >= 11 is 0. The SMILES string of the molecule is CCOC(=O)C(F)(F)C(=O)c1ccc(OC)c(C)c1. The zero-order valence-corrected chi connectivity index (χ0v) is 10.8. The molecule has 0 amide bonds. The van der Waals surface area contributed by atoms with Crippen LogP contribution >= 0.6 is 0 Å². The van der Waals surface area contributed by atoms with Crippen molar-refractivity contribution in [1.82, 2.24) is 0 Å². The fourth-order valence-corrected chi connectivity index (χ4v) is 1.52. The largest absolute Gasteiger partial charge is 0.496 e. The van der Waals surface area contributed by atoms with Gasteiger partial charge in [0.25, 0.3) is 0 Å². The lowest BCUT2D eigenvalue weighted by Gasteiger charge is -2.14. The number of carbonyl (C=O) groups is 2. The third kappa shape index (κ3) is 3.07. The number of esters is 1. The Hall–Kier alpha value is -1.98. The van der Waals surface area contributed by atoms with E-state index in [1.54, 1.807) is 6.92 Å². The van der Waals surface area contributed by atoms with Crippen LogP contribution in [-0.4, -0.2) is 31.4 Å². The molecule has 0 aliphatic rings. The Kier molecular flexibility index (Phi) is 4.58. The Labute approximate surface area is 109 Å². The molecule has 1 rings (SSSR count). The fourth-order valence-electron chi connectivity index (χ4n) is 1.52. The molecule has 6 heteroatoms. The van der Waals surface area contributed by atoms with Gasteiger partial charge in [0.2, 0.25) is 5.78 Å². The number of aryl methyl sites for hydroxylation is 1. The number of rotatable bonds is 5. The number of carbonyl (C=O) groups excluding carboxylic acids is 2. The summed E-state index contributed by atoms with van der Waals surface area (Å²) in [5, 5.41) is 0. The minimum atomic E-state index is -4.18. The molecular formula is C13H14F2O4. The molecule has 0 N–H and O–H groups in total. The molecule has 0 atom stereocenters. The van der Waals surface area contributed by atoms with Gasteiger partial charge >= 0.3 is 11.9 Å². The standard InChI is InChI=1S/C13H14F2O4/c1-4-19-12(17)13(14,15)11(16)9-5-6-10(18-3)8(2)7-9/h5-7H,4H2,1-3H3. The first-order chi connectivity index (χ1) is 8.84. The predicted molar refractivity (Wildman–Crippen MR) is 63.6 cm³/mol. The number of hydrogen-bond donors (Lipinski definition) is 0. The Morgan fingerprint density at radius 3 is 2.42 bits per heavy atom. The second-order valence-corrected chi connectivity index (χ2v) is 3.81. The lowest BCUT2D eigenvalue weighted by molar-refractivity contribution is -0.164. The second-order valence-electron chi connectivity index (χ2n) is 3.81. The van der Waals surface area contributed by atoms with E-state index in [0.29, 0.717) is 11.3 Å². The number of halogens is 2. The molecule has 1 aromatic rings. The number of methoxy groups -OCH3 is 1. The maximum atomic E-state index is 13.5. The lowest BCUT2D eigenvalue weighted by Crippen LogP contribution is -2.39. The van der Waals surface area contributed by atoms with Gasteiger partial charge in [-0.15, -0.1) is 0 Å². The summed E-state index contributed by atoms with van der Waals surface area (Å²) in [4.78, 5) is 22.7. The van der Waals surface area contributed by atoms with E-state index in [1.165, 1.54) is 32.2 Å². The van der Waals surface area contributed by atoms with Gasteiger partial charge in [-0.25, -0.2) is 4.79 Å². The third-order valence-corrected chi connectivity index (χ3v) is 2.47. The number of ketones is 1. The van der Waals surface area contributed by atoms with Gasteiger partial charge in [0.15, 0.2) is 0 Å². The topological polar surface area (TPSA) is 52.6 Å². The highest BCUT2D eigenvalue weighted by Crippen LogP contribution is 2.25. The molecule has 0 heterocycles. The molecule has 0 fully saturated rings. The molecule has 0 spiro atoms. The summed E-state index contributed by atoms with van der Waals surface area (Å²) in [5.41, 5.74) is 0.254. The van der Waals surface area contributed by atoms with Crippen LogP contribution in [0.2, 0.25) is 0 Å². The first kappa shape index (κ1) is 15.1.